The minimum atomic E-state index is -0.271. The second kappa shape index (κ2) is 6.90. The highest BCUT2D eigenvalue weighted by atomic mass is 16.5. The smallest absolute Gasteiger partial charge is 0.199 e. The van der Waals surface area contributed by atoms with E-state index in [9.17, 15) is 15.0 Å². The number of anilines is 1. The van der Waals surface area contributed by atoms with E-state index in [0.29, 0.717) is 35.6 Å². The van der Waals surface area contributed by atoms with Gasteiger partial charge in [0.05, 0.1) is 17.9 Å². The number of ether oxygens (including phenoxy) is 1. The molecule has 5 nitrogen and oxygen atoms in total. The zero-order valence-electron chi connectivity index (χ0n) is 14.7. The van der Waals surface area contributed by atoms with Gasteiger partial charge in [-0.3, -0.25) is 4.79 Å². The third-order valence-corrected chi connectivity index (χ3v) is 5.23. The molecule has 2 aromatic carbocycles. The minimum Gasteiger partial charge on any atom is -0.507 e. The number of rotatable bonds is 3. The van der Waals surface area contributed by atoms with E-state index >= 15 is 0 Å². The standard InChI is InChI=1S/C21H23NO4/c23-18(14-8-3-1-4-9-14)16-17(22-11-5-2-6-12-22)20(25)21-15(19(16)24)10-7-13-26-21/h1,3-4,8-9,24-25H,2,5-7,10-13H2. The Morgan fingerprint density at radius 3 is 2.42 bits per heavy atom. The fourth-order valence-electron chi connectivity index (χ4n) is 3.92. The predicted octanol–water partition coefficient (Wildman–Crippen LogP) is 3.64. The first-order chi connectivity index (χ1) is 12.7. The highest BCUT2D eigenvalue weighted by Crippen LogP contribution is 2.50. The number of ketones is 1. The molecule has 2 heterocycles. The number of carbonyl (C=O) groups excluding carboxylic acids is 1. The topological polar surface area (TPSA) is 70.0 Å². The maximum atomic E-state index is 13.2. The van der Waals surface area contributed by atoms with Crippen molar-refractivity contribution in [2.45, 2.75) is 32.1 Å². The molecule has 0 unspecified atom stereocenters. The van der Waals surface area contributed by atoms with E-state index in [1.165, 1.54) is 0 Å². The van der Waals surface area contributed by atoms with Gasteiger partial charge in [0.1, 0.15) is 5.75 Å². The van der Waals surface area contributed by atoms with Gasteiger partial charge in [-0.1, -0.05) is 30.3 Å². The molecule has 2 N–H and O–H groups in total. The lowest BCUT2D eigenvalue weighted by Crippen LogP contribution is -2.31. The van der Waals surface area contributed by atoms with Crippen molar-refractivity contribution >= 4 is 11.5 Å². The molecule has 0 atom stereocenters. The van der Waals surface area contributed by atoms with Gasteiger partial charge in [-0.15, -0.1) is 0 Å². The van der Waals surface area contributed by atoms with Crippen molar-refractivity contribution in [1.82, 2.24) is 0 Å². The summed E-state index contributed by atoms with van der Waals surface area (Å²) in [6.07, 6.45) is 4.47. The van der Waals surface area contributed by atoms with Gasteiger partial charge in [-0.2, -0.15) is 0 Å². The minimum absolute atomic E-state index is 0.0151. The maximum Gasteiger partial charge on any atom is 0.199 e. The third kappa shape index (κ3) is 2.77. The molecule has 26 heavy (non-hydrogen) atoms. The average Bonchev–Trinajstić information content (AvgIpc) is 2.71. The summed E-state index contributed by atoms with van der Waals surface area (Å²) in [5, 5.41) is 21.9. The normalized spacial score (nSPS) is 16.7. The molecule has 2 aliphatic heterocycles. The van der Waals surface area contributed by atoms with Crippen molar-refractivity contribution < 1.29 is 19.7 Å². The summed E-state index contributed by atoms with van der Waals surface area (Å²) in [5.41, 5.74) is 1.64. The molecule has 136 valence electrons. The Hall–Kier alpha value is -2.69. The van der Waals surface area contributed by atoms with Gasteiger partial charge in [0.2, 0.25) is 0 Å². The molecular formula is C21H23NO4. The Balaban J connectivity index is 1.92. The van der Waals surface area contributed by atoms with Crippen LogP contribution in [0.5, 0.6) is 17.2 Å². The van der Waals surface area contributed by atoms with Crippen LogP contribution in [0.25, 0.3) is 0 Å². The van der Waals surface area contributed by atoms with Crippen LogP contribution in [-0.2, 0) is 6.42 Å². The van der Waals surface area contributed by atoms with Gasteiger partial charge in [-0.25, -0.2) is 0 Å². The molecule has 2 aliphatic rings. The first-order valence-electron chi connectivity index (χ1n) is 9.26. The lowest BCUT2D eigenvalue weighted by molar-refractivity contribution is 0.103. The summed E-state index contributed by atoms with van der Waals surface area (Å²) in [6.45, 7) is 2.01. The summed E-state index contributed by atoms with van der Waals surface area (Å²) >= 11 is 0. The largest absolute Gasteiger partial charge is 0.507 e. The number of carbonyl (C=O) groups is 1. The first-order valence-corrected chi connectivity index (χ1v) is 9.26. The summed E-state index contributed by atoms with van der Waals surface area (Å²) in [4.78, 5) is 15.2. The van der Waals surface area contributed by atoms with Crippen LogP contribution in [0.2, 0.25) is 0 Å². The molecule has 4 rings (SSSR count). The van der Waals surface area contributed by atoms with Crippen molar-refractivity contribution in [2.75, 3.05) is 24.6 Å². The van der Waals surface area contributed by atoms with Crippen LogP contribution < -0.4 is 9.64 Å². The van der Waals surface area contributed by atoms with E-state index in [0.717, 1.165) is 38.8 Å². The van der Waals surface area contributed by atoms with Crippen LogP contribution in [0.15, 0.2) is 30.3 Å². The van der Waals surface area contributed by atoms with E-state index < -0.39 is 0 Å². The van der Waals surface area contributed by atoms with E-state index in [2.05, 4.69) is 0 Å². The van der Waals surface area contributed by atoms with Crippen molar-refractivity contribution in [1.29, 1.82) is 0 Å². The average molecular weight is 353 g/mol. The fourth-order valence-corrected chi connectivity index (χ4v) is 3.92. The molecule has 0 radical (unpaired) electrons. The second-order valence-corrected chi connectivity index (χ2v) is 6.92. The molecule has 0 bridgehead atoms. The molecule has 1 saturated heterocycles. The Kier molecular flexibility index (Phi) is 4.45. The van der Waals surface area contributed by atoms with Crippen molar-refractivity contribution in [3.8, 4) is 17.2 Å². The molecular weight excluding hydrogens is 330 g/mol. The van der Waals surface area contributed by atoms with Gasteiger partial charge < -0.3 is 19.8 Å². The monoisotopic (exact) mass is 353 g/mol. The lowest BCUT2D eigenvalue weighted by Gasteiger charge is -2.33. The van der Waals surface area contributed by atoms with Gasteiger partial charge in [0, 0.05) is 24.2 Å². The zero-order chi connectivity index (χ0) is 18.1. The number of benzene rings is 2. The van der Waals surface area contributed by atoms with E-state index in [1.807, 2.05) is 11.0 Å². The SMILES string of the molecule is O=C(c1ccccc1)c1c(O)c2c(c(O)c1N1CCCCC1)OCCC2. The van der Waals surface area contributed by atoms with Crippen molar-refractivity contribution in [3.63, 3.8) is 0 Å². The number of phenols is 2. The van der Waals surface area contributed by atoms with Gasteiger partial charge >= 0.3 is 0 Å². The number of piperidine rings is 1. The van der Waals surface area contributed by atoms with Gasteiger partial charge in [0.15, 0.2) is 17.3 Å². The summed E-state index contributed by atoms with van der Waals surface area (Å²) in [6, 6.07) is 8.91. The zero-order valence-corrected chi connectivity index (χ0v) is 14.7. The maximum absolute atomic E-state index is 13.2. The third-order valence-electron chi connectivity index (χ3n) is 5.23. The van der Waals surface area contributed by atoms with Gasteiger partial charge in [-0.05, 0) is 32.1 Å². The Morgan fingerprint density at radius 1 is 0.962 bits per heavy atom. The highest BCUT2D eigenvalue weighted by molar-refractivity contribution is 6.15. The molecule has 1 fully saturated rings. The predicted molar refractivity (Wildman–Crippen MR) is 99.5 cm³/mol. The Labute approximate surface area is 152 Å². The number of nitrogens with zero attached hydrogens (tertiary/aromatic N) is 1. The van der Waals surface area contributed by atoms with Gasteiger partial charge in [0.25, 0.3) is 0 Å². The molecule has 0 spiro atoms. The van der Waals surface area contributed by atoms with Crippen LogP contribution in [-0.4, -0.2) is 35.7 Å². The number of hydrogen-bond donors (Lipinski definition) is 2. The Morgan fingerprint density at radius 2 is 1.69 bits per heavy atom. The number of hydrogen-bond acceptors (Lipinski definition) is 5. The molecule has 5 heteroatoms. The molecule has 2 aromatic rings. The molecule has 0 saturated carbocycles. The summed E-state index contributed by atoms with van der Waals surface area (Å²) in [5.74, 6) is -0.00288. The summed E-state index contributed by atoms with van der Waals surface area (Å²) in [7, 11) is 0. The van der Waals surface area contributed by atoms with Crippen LogP contribution in [0.4, 0.5) is 5.69 Å². The van der Waals surface area contributed by atoms with Crippen molar-refractivity contribution in [3.05, 3.63) is 47.0 Å². The first kappa shape index (κ1) is 16.8. The van der Waals surface area contributed by atoms with E-state index in [4.69, 9.17) is 4.74 Å². The van der Waals surface area contributed by atoms with Crippen LogP contribution in [0, 0.1) is 0 Å². The lowest BCUT2D eigenvalue weighted by atomic mass is 9.92. The van der Waals surface area contributed by atoms with E-state index in [1.54, 1.807) is 24.3 Å². The van der Waals surface area contributed by atoms with E-state index in [-0.39, 0.29) is 22.8 Å². The quantitative estimate of drug-likeness (QED) is 0.651. The highest BCUT2D eigenvalue weighted by Gasteiger charge is 2.33. The fraction of sp³-hybridized carbons (Fsp3) is 0.381. The second-order valence-electron chi connectivity index (χ2n) is 6.92. The van der Waals surface area contributed by atoms with Crippen LogP contribution in [0.1, 0.15) is 47.2 Å². The number of fused-ring (bicyclic) bond motifs is 1. The number of aromatic hydroxyl groups is 2. The number of phenolic OH excluding ortho intramolecular Hbond substituents is 2. The molecule has 0 amide bonds. The Bertz CT molecular complexity index is 826. The molecule has 0 aliphatic carbocycles. The summed E-state index contributed by atoms with van der Waals surface area (Å²) < 4.78 is 5.66. The van der Waals surface area contributed by atoms with Crippen LogP contribution >= 0.6 is 0 Å². The van der Waals surface area contributed by atoms with Crippen LogP contribution in [0.3, 0.4) is 0 Å². The molecule has 0 aromatic heterocycles. The van der Waals surface area contributed by atoms with Crippen molar-refractivity contribution in [2.24, 2.45) is 0 Å².